The molecule has 2 aliphatic carbocycles. The molecule has 25 heavy (non-hydrogen) atoms. The maximum atomic E-state index is 12.1. The predicted molar refractivity (Wildman–Crippen MR) is 97.1 cm³/mol. The Labute approximate surface area is 149 Å². The maximum absolute atomic E-state index is 12.1. The van der Waals surface area contributed by atoms with Crippen LogP contribution in [-0.4, -0.2) is 22.5 Å². The summed E-state index contributed by atoms with van der Waals surface area (Å²) in [5, 5.41) is 10.0. The zero-order valence-corrected chi connectivity index (χ0v) is 15.4. The molecule has 2 aliphatic rings. The van der Waals surface area contributed by atoms with E-state index in [-0.39, 0.29) is 39.5 Å². The lowest BCUT2D eigenvalue weighted by atomic mass is 9.74. The summed E-state index contributed by atoms with van der Waals surface area (Å²) in [6, 6.07) is 0. The van der Waals surface area contributed by atoms with Gasteiger partial charge in [0.05, 0.1) is 11.1 Å². The van der Waals surface area contributed by atoms with Crippen LogP contribution in [0.25, 0.3) is 0 Å². The second kappa shape index (κ2) is 6.95. The van der Waals surface area contributed by atoms with Crippen molar-refractivity contribution in [2.24, 2.45) is 10.8 Å². The second-order valence-corrected chi connectivity index (χ2v) is 8.49. The first-order valence-electron chi connectivity index (χ1n) is 8.58. The molecule has 0 saturated heterocycles. The third-order valence-corrected chi connectivity index (χ3v) is 4.52. The van der Waals surface area contributed by atoms with E-state index in [1.807, 2.05) is 27.7 Å². The van der Waals surface area contributed by atoms with Gasteiger partial charge in [0.25, 0.3) is 0 Å². The van der Waals surface area contributed by atoms with Crippen LogP contribution in [0, 0.1) is 10.8 Å². The molecule has 0 spiro atoms. The monoisotopic (exact) mass is 342 g/mol. The number of rotatable bonds is 3. The summed E-state index contributed by atoms with van der Waals surface area (Å²) in [5.74, 6) is -0.208. The van der Waals surface area contributed by atoms with E-state index < -0.39 is 0 Å². The average molecular weight is 342 g/mol. The standard InChI is InChI=1S/C21H26O4/c1-20(2)10-16(22)14(17(23)11-20)8-6-5-7-9-15-18(24)12-21(3,4)13-19(15)25/h5-9,22H,10-13H2,1-4H3/b7-5+,8-6+. The van der Waals surface area contributed by atoms with Crippen LogP contribution in [0.4, 0.5) is 0 Å². The van der Waals surface area contributed by atoms with E-state index in [0.29, 0.717) is 31.3 Å². The lowest BCUT2D eigenvalue weighted by Gasteiger charge is -2.28. The number of aliphatic hydroxyl groups excluding tert-OH is 1. The van der Waals surface area contributed by atoms with E-state index in [4.69, 9.17) is 0 Å². The van der Waals surface area contributed by atoms with E-state index in [1.165, 1.54) is 6.08 Å². The normalized spacial score (nSPS) is 23.8. The van der Waals surface area contributed by atoms with Crippen LogP contribution in [0.1, 0.15) is 53.4 Å². The molecule has 0 radical (unpaired) electrons. The first-order chi connectivity index (χ1) is 11.5. The van der Waals surface area contributed by atoms with E-state index in [2.05, 4.69) is 0 Å². The van der Waals surface area contributed by atoms with Crippen molar-refractivity contribution in [3.63, 3.8) is 0 Å². The summed E-state index contributed by atoms with van der Waals surface area (Å²) >= 11 is 0. The zero-order valence-electron chi connectivity index (χ0n) is 15.4. The largest absolute Gasteiger partial charge is 0.512 e. The van der Waals surface area contributed by atoms with Gasteiger partial charge in [0.2, 0.25) is 0 Å². The molecule has 0 aliphatic heterocycles. The molecule has 0 heterocycles. The molecule has 2 rings (SSSR count). The van der Waals surface area contributed by atoms with Gasteiger partial charge in [0.15, 0.2) is 17.3 Å². The molecule has 1 N–H and O–H groups in total. The number of carbonyl (C=O) groups excluding carboxylic acids is 3. The number of hydrogen-bond acceptors (Lipinski definition) is 4. The number of Topliss-reactive ketones (excluding diaryl/α,β-unsaturated/α-hetero) is 3. The minimum atomic E-state index is -0.270. The van der Waals surface area contributed by atoms with E-state index in [9.17, 15) is 19.5 Å². The van der Waals surface area contributed by atoms with Gasteiger partial charge in [-0.25, -0.2) is 0 Å². The van der Waals surface area contributed by atoms with E-state index in [1.54, 1.807) is 24.3 Å². The van der Waals surface area contributed by atoms with Crippen LogP contribution in [0.15, 0.2) is 47.3 Å². The Morgan fingerprint density at radius 3 is 1.84 bits per heavy atom. The summed E-state index contributed by atoms with van der Waals surface area (Å²) in [5.41, 5.74) is 0.0902. The molecule has 4 heteroatoms. The van der Waals surface area contributed by atoms with Crippen molar-refractivity contribution in [2.75, 3.05) is 0 Å². The maximum Gasteiger partial charge on any atom is 0.166 e. The number of hydrogen-bond donors (Lipinski definition) is 1. The summed E-state index contributed by atoms with van der Waals surface area (Å²) in [7, 11) is 0. The molecule has 4 nitrogen and oxygen atoms in total. The van der Waals surface area contributed by atoms with Gasteiger partial charge < -0.3 is 5.11 Å². The van der Waals surface area contributed by atoms with Crippen molar-refractivity contribution in [2.45, 2.75) is 53.4 Å². The quantitative estimate of drug-likeness (QED) is 0.474. The van der Waals surface area contributed by atoms with Gasteiger partial charge in [-0.3, -0.25) is 14.4 Å². The van der Waals surface area contributed by atoms with Crippen molar-refractivity contribution in [1.82, 2.24) is 0 Å². The molecule has 0 unspecified atom stereocenters. The number of allylic oxidation sites excluding steroid dienone is 8. The molecule has 0 aromatic rings. The highest BCUT2D eigenvalue weighted by molar-refractivity contribution is 6.22. The zero-order chi connectivity index (χ0) is 18.8. The molecule has 0 aromatic heterocycles. The predicted octanol–water partition coefficient (Wildman–Crippen LogP) is 4.18. The molecule has 1 fully saturated rings. The average Bonchev–Trinajstić information content (AvgIpc) is 2.40. The Bertz CT molecular complexity index is 705. The highest BCUT2D eigenvalue weighted by atomic mass is 16.3. The Balaban J connectivity index is 2.06. The fraction of sp³-hybridized carbons (Fsp3) is 0.476. The first-order valence-corrected chi connectivity index (χ1v) is 8.58. The third kappa shape index (κ3) is 4.88. The smallest absolute Gasteiger partial charge is 0.166 e. The summed E-state index contributed by atoms with van der Waals surface area (Å²) < 4.78 is 0. The fourth-order valence-electron chi connectivity index (χ4n) is 3.32. The Morgan fingerprint density at radius 1 is 0.760 bits per heavy atom. The van der Waals surface area contributed by atoms with Crippen LogP contribution in [0.5, 0.6) is 0 Å². The van der Waals surface area contributed by atoms with Gasteiger partial charge in [-0.2, -0.15) is 0 Å². The molecule has 0 aromatic carbocycles. The van der Waals surface area contributed by atoms with Crippen LogP contribution in [0.2, 0.25) is 0 Å². The van der Waals surface area contributed by atoms with E-state index in [0.717, 1.165) is 0 Å². The van der Waals surface area contributed by atoms with Crippen molar-refractivity contribution < 1.29 is 19.5 Å². The van der Waals surface area contributed by atoms with Crippen molar-refractivity contribution in [3.8, 4) is 0 Å². The van der Waals surface area contributed by atoms with Gasteiger partial charge in [0.1, 0.15) is 5.76 Å². The summed E-state index contributed by atoms with van der Waals surface area (Å²) in [4.78, 5) is 36.2. The number of carbonyl (C=O) groups is 3. The number of aliphatic hydroxyl groups is 1. The molecule has 0 bridgehead atoms. The Morgan fingerprint density at radius 2 is 1.28 bits per heavy atom. The minimum Gasteiger partial charge on any atom is -0.512 e. The summed E-state index contributed by atoms with van der Waals surface area (Å²) in [6.45, 7) is 7.74. The lowest BCUT2D eigenvalue weighted by molar-refractivity contribution is -0.127. The van der Waals surface area contributed by atoms with Crippen LogP contribution in [0.3, 0.4) is 0 Å². The third-order valence-electron chi connectivity index (χ3n) is 4.52. The molecule has 0 amide bonds. The highest BCUT2D eigenvalue weighted by Crippen LogP contribution is 2.36. The van der Waals surface area contributed by atoms with Gasteiger partial charge in [-0.1, -0.05) is 45.9 Å². The van der Waals surface area contributed by atoms with Crippen LogP contribution < -0.4 is 0 Å². The van der Waals surface area contributed by atoms with Gasteiger partial charge in [0, 0.05) is 25.7 Å². The van der Waals surface area contributed by atoms with Crippen LogP contribution >= 0.6 is 0 Å². The molecular weight excluding hydrogens is 316 g/mol. The lowest BCUT2D eigenvalue weighted by Crippen LogP contribution is -2.31. The van der Waals surface area contributed by atoms with Gasteiger partial charge in [-0.15, -0.1) is 0 Å². The van der Waals surface area contributed by atoms with Gasteiger partial charge >= 0.3 is 0 Å². The highest BCUT2D eigenvalue weighted by Gasteiger charge is 2.35. The Kier molecular flexibility index (Phi) is 5.31. The van der Waals surface area contributed by atoms with Crippen LogP contribution in [-0.2, 0) is 14.4 Å². The topological polar surface area (TPSA) is 71.4 Å². The molecule has 1 saturated carbocycles. The molecule has 134 valence electrons. The Hall–Kier alpha value is -2.23. The van der Waals surface area contributed by atoms with Crippen molar-refractivity contribution in [3.05, 3.63) is 47.3 Å². The molecule has 0 atom stereocenters. The molecular formula is C21H26O4. The van der Waals surface area contributed by atoms with Crippen molar-refractivity contribution >= 4 is 17.3 Å². The second-order valence-electron chi connectivity index (χ2n) is 8.49. The van der Waals surface area contributed by atoms with Gasteiger partial charge in [-0.05, 0) is 23.0 Å². The van der Waals surface area contributed by atoms with E-state index >= 15 is 0 Å². The number of ketones is 3. The minimum absolute atomic E-state index is 0.0726. The van der Waals surface area contributed by atoms with Crippen molar-refractivity contribution in [1.29, 1.82) is 0 Å². The SMILES string of the molecule is CC1(C)CC(=O)C(=C/C=C/C=C/C2=C(O)CC(C)(C)CC2=O)C(=O)C1. The summed E-state index contributed by atoms with van der Waals surface area (Å²) in [6.07, 6.45) is 9.66. The fourth-order valence-corrected chi connectivity index (χ4v) is 3.32. The first kappa shape index (κ1) is 19.1.